The van der Waals surface area contributed by atoms with Crippen molar-refractivity contribution < 1.29 is 13.2 Å². The summed E-state index contributed by atoms with van der Waals surface area (Å²) in [7, 11) is 0. The highest BCUT2D eigenvalue weighted by Gasteiger charge is 2.27. The van der Waals surface area contributed by atoms with Crippen LogP contribution in [0.2, 0.25) is 0 Å². The van der Waals surface area contributed by atoms with E-state index in [1.807, 2.05) is 0 Å². The number of rotatable bonds is 2. The van der Waals surface area contributed by atoms with Crippen LogP contribution in [0, 0.1) is 29.3 Å². The molecule has 0 heterocycles. The molecule has 0 spiro atoms. The lowest BCUT2D eigenvalue weighted by Crippen LogP contribution is -2.35. The Balaban J connectivity index is 2.16. The molecule has 1 aliphatic carbocycles. The Kier molecular flexibility index (Phi) is 3.83. The van der Waals surface area contributed by atoms with Crippen LogP contribution in [0.25, 0.3) is 0 Å². The Bertz CT molecular complexity index is 433. The van der Waals surface area contributed by atoms with Crippen LogP contribution in [0.15, 0.2) is 12.1 Å². The first kappa shape index (κ1) is 13.2. The third kappa shape index (κ3) is 2.62. The summed E-state index contributed by atoms with van der Waals surface area (Å²) in [5.74, 6) is -1.95. The topological polar surface area (TPSA) is 12.0 Å². The van der Waals surface area contributed by atoms with E-state index >= 15 is 0 Å². The van der Waals surface area contributed by atoms with E-state index in [0.717, 1.165) is 18.9 Å². The summed E-state index contributed by atoms with van der Waals surface area (Å²) in [6, 6.07) is 1.61. The van der Waals surface area contributed by atoms with Crippen LogP contribution in [0.5, 0.6) is 0 Å². The second-order valence-electron chi connectivity index (χ2n) is 5.26. The van der Waals surface area contributed by atoms with E-state index in [-0.39, 0.29) is 11.7 Å². The second-order valence-corrected chi connectivity index (χ2v) is 5.26. The minimum Gasteiger partial charge on any atom is -0.380 e. The lowest BCUT2D eigenvalue weighted by atomic mass is 9.78. The number of nitrogens with one attached hydrogen (secondary N) is 1. The zero-order valence-corrected chi connectivity index (χ0v) is 10.6. The number of anilines is 1. The number of halogens is 3. The molecular formula is C14H18F3N. The zero-order valence-electron chi connectivity index (χ0n) is 10.6. The van der Waals surface area contributed by atoms with Gasteiger partial charge in [-0.25, -0.2) is 13.2 Å². The predicted molar refractivity (Wildman–Crippen MR) is 65.9 cm³/mol. The van der Waals surface area contributed by atoms with E-state index in [1.165, 1.54) is 6.42 Å². The smallest absolute Gasteiger partial charge is 0.161 e. The van der Waals surface area contributed by atoms with Gasteiger partial charge < -0.3 is 5.32 Å². The maximum absolute atomic E-state index is 13.5. The van der Waals surface area contributed by atoms with Gasteiger partial charge in [-0.3, -0.25) is 0 Å². The van der Waals surface area contributed by atoms with Crippen molar-refractivity contribution in [1.29, 1.82) is 0 Å². The first-order valence-electron chi connectivity index (χ1n) is 6.40. The Morgan fingerprint density at radius 1 is 1.00 bits per heavy atom. The Morgan fingerprint density at radius 3 is 2.39 bits per heavy atom. The second kappa shape index (κ2) is 5.21. The highest BCUT2D eigenvalue weighted by Crippen LogP contribution is 2.32. The fourth-order valence-electron chi connectivity index (χ4n) is 2.62. The first-order valence-corrected chi connectivity index (χ1v) is 6.40. The lowest BCUT2D eigenvalue weighted by molar-refractivity contribution is 0.252. The van der Waals surface area contributed by atoms with Gasteiger partial charge in [-0.05, 0) is 18.3 Å². The quantitative estimate of drug-likeness (QED) is 0.777. The van der Waals surface area contributed by atoms with Gasteiger partial charge in [-0.15, -0.1) is 0 Å². The molecule has 4 heteroatoms. The van der Waals surface area contributed by atoms with E-state index in [4.69, 9.17) is 0 Å². The van der Waals surface area contributed by atoms with Gasteiger partial charge in [0.05, 0.1) is 5.69 Å². The minimum absolute atomic E-state index is 0.0554. The third-order valence-corrected chi connectivity index (χ3v) is 4.06. The molecule has 100 valence electrons. The predicted octanol–water partition coefficient (Wildman–Crippen LogP) is 4.34. The third-order valence-electron chi connectivity index (χ3n) is 4.06. The van der Waals surface area contributed by atoms with Crippen molar-refractivity contribution in [3.05, 3.63) is 29.6 Å². The Hall–Kier alpha value is -1.19. The average Bonchev–Trinajstić information content (AvgIpc) is 2.32. The van der Waals surface area contributed by atoms with Crippen LogP contribution < -0.4 is 5.32 Å². The molecule has 3 atom stereocenters. The molecule has 0 aromatic heterocycles. The molecule has 1 nitrogen and oxygen atoms in total. The van der Waals surface area contributed by atoms with Crippen molar-refractivity contribution in [3.8, 4) is 0 Å². The van der Waals surface area contributed by atoms with E-state index in [9.17, 15) is 13.2 Å². The SMILES string of the molecule is CC1CCCC(Nc2cc(F)c(F)cc2F)C1C. The minimum atomic E-state index is -1.15. The fourth-order valence-corrected chi connectivity index (χ4v) is 2.62. The molecule has 1 N–H and O–H groups in total. The molecule has 0 radical (unpaired) electrons. The molecule has 1 saturated carbocycles. The summed E-state index contributed by atoms with van der Waals surface area (Å²) in [5, 5.41) is 3.02. The molecule has 0 bridgehead atoms. The number of hydrogen-bond acceptors (Lipinski definition) is 1. The molecule has 0 saturated heterocycles. The van der Waals surface area contributed by atoms with Gasteiger partial charge in [0, 0.05) is 18.2 Å². The van der Waals surface area contributed by atoms with Crippen molar-refractivity contribution in [2.24, 2.45) is 11.8 Å². The van der Waals surface area contributed by atoms with Gasteiger partial charge in [0.15, 0.2) is 11.6 Å². The highest BCUT2D eigenvalue weighted by molar-refractivity contribution is 5.46. The lowest BCUT2D eigenvalue weighted by Gasteiger charge is -2.35. The molecule has 0 aliphatic heterocycles. The standard InChI is InChI=1S/C14H18F3N/c1-8-4-3-5-13(9(8)2)18-14-7-11(16)10(15)6-12(14)17/h6-9,13,18H,3-5H2,1-2H3. The molecule has 1 aromatic carbocycles. The average molecular weight is 257 g/mol. The molecule has 3 unspecified atom stereocenters. The summed E-state index contributed by atoms with van der Waals surface area (Å²) >= 11 is 0. The van der Waals surface area contributed by atoms with E-state index in [1.54, 1.807) is 0 Å². The van der Waals surface area contributed by atoms with Crippen LogP contribution in [0.1, 0.15) is 33.1 Å². The largest absolute Gasteiger partial charge is 0.380 e. The molecule has 1 fully saturated rings. The Morgan fingerprint density at radius 2 is 1.67 bits per heavy atom. The summed E-state index contributed by atoms with van der Waals surface area (Å²) in [5.41, 5.74) is 0.0554. The van der Waals surface area contributed by atoms with Crippen molar-refractivity contribution in [2.75, 3.05) is 5.32 Å². The summed E-state index contributed by atoms with van der Waals surface area (Å²) in [6.45, 7) is 4.28. The number of benzene rings is 1. The van der Waals surface area contributed by atoms with Crippen LogP contribution in [0.4, 0.5) is 18.9 Å². The van der Waals surface area contributed by atoms with Gasteiger partial charge in [0.25, 0.3) is 0 Å². The summed E-state index contributed by atoms with van der Waals surface area (Å²) < 4.78 is 39.5. The Labute approximate surface area is 105 Å². The molecule has 1 aliphatic rings. The van der Waals surface area contributed by atoms with Crippen molar-refractivity contribution in [1.82, 2.24) is 0 Å². The van der Waals surface area contributed by atoms with E-state index in [0.29, 0.717) is 17.9 Å². The van der Waals surface area contributed by atoms with Crippen molar-refractivity contribution in [2.45, 2.75) is 39.2 Å². The van der Waals surface area contributed by atoms with Gasteiger partial charge in [-0.1, -0.05) is 26.7 Å². The van der Waals surface area contributed by atoms with Crippen molar-refractivity contribution >= 4 is 5.69 Å². The van der Waals surface area contributed by atoms with Gasteiger partial charge in [0.2, 0.25) is 0 Å². The number of hydrogen-bond donors (Lipinski definition) is 1. The zero-order chi connectivity index (χ0) is 13.3. The molecule has 1 aromatic rings. The van der Waals surface area contributed by atoms with Crippen LogP contribution in [-0.2, 0) is 0 Å². The van der Waals surface area contributed by atoms with Crippen molar-refractivity contribution in [3.63, 3.8) is 0 Å². The first-order chi connectivity index (χ1) is 8.49. The van der Waals surface area contributed by atoms with E-state index in [2.05, 4.69) is 19.2 Å². The van der Waals surface area contributed by atoms with Crippen LogP contribution >= 0.6 is 0 Å². The maximum Gasteiger partial charge on any atom is 0.161 e. The molecular weight excluding hydrogens is 239 g/mol. The molecule has 18 heavy (non-hydrogen) atoms. The molecule has 2 rings (SSSR count). The van der Waals surface area contributed by atoms with Gasteiger partial charge in [-0.2, -0.15) is 0 Å². The summed E-state index contributed by atoms with van der Waals surface area (Å²) in [6.07, 6.45) is 3.18. The monoisotopic (exact) mass is 257 g/mol. The highest BCUT2D eigenvalue weighted by atomic mass is 19.2. The van der Waals surface area contributed by atoms with E-state index < -0.39 is 17.5 Å². The normalized spacial score (nSPS) is 28.2. The maximum atomic E-state index is 13.5. The summed E-state index contributed by atoms with van der Waals surface area (Å²) in [4.78, 5) is 0. The van der Waals surface area contributed by atoms with Crippen LogP contribution in [-0.4, -0.2) is 6.04 Å². The molecule has 0 amide bonds. The van der Waals surface area contributed by atoms with Gasteiger partial charge >= 0.3 is 0 Å². The van der Waals surface area contributed by atoms with Gasteiger partial charge in [0.1, 0.15) is 5.82 Å². The van der Waals surface area contributed by atoms with Crippen LogP contribution in [0.3, 0.4) is 0 Å². The fraction of sp³-hybridized carbons (Fsp3) is 0.571.